The number of fused-ring (bicyclic) bond motifs is 2. The second kappa shape index (κ2) is 35.8. The van der Waals surface area contributed by atoms with Gasteiger partial charge < -0.3 is 28.4 Å². The fraction of sp³-hybridized carbons (Fsp3) is 0.929. The van der Waals surface area contributed by atoms with Gasteiger partial charge in [0.2, 0.25) is 0 Å². The van der Waals surface area contributed by atoms with Crippen molar-refractivity contribution in [2.24, 2.45) is 23.7 Å². The van der Waals surface area contributed by atoms with E-state index >= 15 is 0 Å². The SMILES string of the molecule is CCCCCCCCCCCCCOC(=O)C1CC2OC2CC1C(=O)OCCCCCCCCCCCCCCOC(=O)C1CC2OC2CC1C(=O)OCCCCCCCCCCCCC. The van der Waals surface area contributed by atoms with Crippen LogP contribution >= 0.6 is 0 Å². The molecule has 0 amide bonds. The Balaban J connectivity index is 0.909. The third-order valence-electron chi connectivity index (χ3n) is 15.0. The molecule has 10 nitrogen and oxygen atoms in total. The van der Waals surface area contributed by atoms with Crippen molar-refractivity contribution in [3.8, 4) is 0 Å². The summed E-state index contributed by atoms with van der Waals surface area (Å²) >= 11 is 0. The van der Waals surface area contributed by atoms with Crippen LogP contribution in [0.2, 0.25) is 0 Å². The van der Waals surface area contributed by atoms with E-state index < -0.39 is 23.7 Å². The number of hydrogen-bond acceptors (Lipinski definition) is 10. The Morgan fingerprint density at radius 1 is 0.288 bits per heavy atom. The Labute approximate surface area is 402 Å². The van der Waals surface area contributed by atoms with Crippen LogP contribution in [0.15, 0.2) is 0 Å². The van der Waals surface area contributed by atoms with Gasteiger partial charge in [0.25, 0.3) is 0 Å². The number of epoxide rings is 2. The van der Waals surface area contributed by atoms with Gasteiger partial charge in [0.05, 0.1) is 74.5 Å². The van der Waals surface area contributed by atoms with Crippen molar-refractivity contribution in [2.45, 2.75) is 282 Å². The molecule has 0 aromatic rings. The van der Waals surface area contributed by atoms with Crippen molar-refractivity contribution < 1.29 is 47.6 Å². The van der Waals surface area contributed by atoms with Crippen LogP contribution in [0.3, 0.4) is 0 Å². The Bertz CT molecular complexity index is 1190. The molecule has 2 aliphatic carbocycles. The van der Waals surface area contributed by atoms with Gasteiger partial charge in [-0.3, -0.25) is 19.2 Å². The maximum atomic E-state index is 13.1. The Morgan fingerprint density at radius 3 is 0.636 bits per heavy atom. The molecule has 0 bridgehead atoms. The molecule has 2 saturated heterocycles. The zero-order valence-corrected chi connectivity index (χ0v) is 42.4. The summed E-state index contributed by atoms with van der Waals surface area (Å²) in [5, 5.41) is 0. The largest absolute Gasteiger partial charge is 0.465 e. The summed E-state index contributed by atoms with van der Waals surface area (Å²) in [6.07, 6.45) is 43.6. The lowest BCUT2D eigenvalue weighted by Crippen LogP contribution is -2.37. The maximum absolute atomic E-state index is 13.1. The summed E-state index contributed by atoms with van der Waals surface area (Å²) in [7, 11) is 0. The van der Waals surface area contributed by atoms with Gasteiger partial charge in [0.15, 0.2) is 0 Å². The molecule has 0 aromatic carbocycles. The number of ether oxygens (including phenoxy) is 6. The molecular weight excluding hydrogens is 833 g/mol. The molecule has 2 saturated carbocycles. The highest BCUT2D eigenvalue weighted by molar-refractivity contribution is 5.83. The summed E-state index contributed by atoms with van der Waals surface area (Å²) < 4.78 is 34.2. The van der Waals surface area contributed by atoms with Crippen LogP contribution in [0.25, 0.3) is 0 Å². The van der Waals surface area contributed by atoms with E-state index in [1.807, 2.05) is 0 Å². The number of carbonyl (C=O) groups excluding carboxylic acids is 4. The van der Waals surface area contributed by atoms with Crippen molar-refractivity contribution in [1.29, 1.82) is 0 Å². The minimum atomic E-state index is -0.454. The average Bonchev–Trinajstić information content (AvgIpc) is 4.26. The minimum Gasteiger partial charge on any atom is -0.465 e. The highest BCUT2D eigenvalue weighted by Gasteiger charge is 2.54. The molecule has 10 heteroatoms. The molecule has 2 aliphatic heterocycles. The predicted octanol–water partition coefficient (Wildman–Crippen LogP) is 14.0. The Hall–Kier alpha value is -2.20. The predicted molar refractivity (Wildman–Crippen MR) is 262 cm³/mol. The molecule has 4 rings (SSSR count). The van der Waals surface area contributed by atoms with Crippen molar-refractivity contribution in [2.75, 3.05) is 26.4 Å². The number of esters is 4. The summed E-state index contributed by atoms with van der Waals surface area (Å²) in [5.41, 5.74) is 0. The number of hydrogen-bond donors (Lipinski definition) is 0. The van der Waals surface area contributed by atoms with Crippen LogP contribution < -0.4 is 0 Å². The Morgan fingerprint density at radius 2 is 0.455 bits per heavy atom. The van der Waals surface area contributed by atoms with E-state index in [1.165, 1.54) is 154 Å². The summed E-state index contributed by atoms with van der Waals surface area (Å²) in [5.74, 6) is -2.83. The van der Waals surface area contributed by atoms with Gasteiger partial charge in [-0.1, -0.05) is 206 Å². The highest BCUT2D eigenvalue weighted by Crippen LogP contribution is 2.45. The first-order chi connectivity index (χ1) is 32.4. The molecule has 0 radical (unpaired) electrons. The Kier molecular flexibility index (Phi) is 30.6. The third-order valence-corrected chi connectivity index (χ3v) is 15.0. The van der Waals surface area contributed by atoms with Gasteiger partial charge in [-0.05, 0) is 51.4 Å². The van der Waals surface area contributed by atoms with E-state index in [0.29, 0.717) is 52.1 Å². The maximum Gasteiger partial charge on any atom is 0.309 e. The van der Waals surface area contributed by atoms with Crippen molar-refractivity contribution >= 4 is 23.9 Å². The molecule has 2 heterocycles. The van der Waals surface area contributed by atoms with E-state index in [0.717, 1.165) is 64.2 Å². The summed E-state index contributed by atoms with van der Waals surface area (Å²) in [6.45, 7) is 6.21. The smallest absolute Gasteiger partial charge is 0.309 e. The normalized spacial score (nSPS) is 24.0. The topological polar surface area (TPSA) is 130 Å². The van der Waals surface area contributed by atoms with E-state index in [4.69, 9.17) is 28.4 Å². The van der Waals surface area contributed by atoms with Gasteiger partial charge in [0, 0.05) is 0 Å². The lowest BCUT2D eigenvalue weighted by molar-refractivity contribution is -0.162. The lowest BCUT2D eigenvalue weighted by Gasteiger charge is -2.26. The number of unbranched alkanes of at least 4 members (excludes halogenated alkanes) is 31. The van der Waals surface area contributed by atoms with Crippen LogP contribution in [-0.4, -0.2) is 74.7 Å². The molecule has 66 heavy (non-hydrogen) atoms. The summed E-state index contributed by atoms with van der Waals surface area (Å²) in [6, 6.07) is 0. The molecule has 8 atom stereocenters. The monoisotopic (exact) mass is 931 g/mol. The molecule has 382 valence electrons. The fourth-order valence-electron chi connectivity index (χ4n) is 10.5. The van der Waals surface area contributed by atoms with Crippen LogP contribution in [0.1, 0.15) is 258 Å². The van der Waals surface area contributed by atoms with E-state index in [-0.39, 0.29) is 48.3 Å². The zero-order chi connectivity index (χ0) is 46.9. The van der Waals surface area contributed by atoms with Gasteiger partial charge in [-0.2, -0.15) is 0 Å². The van der Waals surface area contributed by atoms with E-state index in [9.17, 15) is 19.2 Å². The van der Waals surface area contributed by atoms with Gasteiger partial charge in [0.1, 0.15) is 0 Å². The molecule has 4 aliphatic rings. The first-order valence-electron chi connectivity index (χ1n) is 28.4. The third kappa shape index (κ3) is 24.4. The van der Waals surface area contributed by atoms with E-state index in [2.05, 4.69) is 13.8 Å². The highest BCUT2D eigenvalue weighted by atomic mass is 16.6. The quantitative estimate of drug-likeness (QED) is 0.0252. The van der Waals surface area contributed by atoms with Gasteiger partial charge >= 0.3 is 23.9 Å². The first kappa shape index (κ1) is 56.4. The second-order valence-electron chi connectivity index (χ2n) is 20.8. The second-order valence-corrected chi connectivity index (χ2v) is 20.8. The van der Waals surface area contributed by atoms with Crippen molar-refractivity contribution in [1.82, 2.24) is 0 Å². The van der Waals surface area contributed by atoms with Crippen LogP contribution in [-0.2, 0) is 47.6 Å². The molecule has 0 aromatic heterocycles. The standard InChI is InChI=1S/C56H98O10/c1-3-5-7-9-11-13-17-21-25-29-33-37-61-53(57)45-41-49-51(65-49)43-47(45)55(59)63-39-35-31-27-23-19-15-16-20-24-28-32-36-40-64-56(60)48-44-52-50(66-52)42-46(48)54(58)62-38-34-30-26-22-18-14-12-10-8-6-4-2/h45-52H,3-44H2,1-2H3. The molecule has 4 fully saturated rings. The fourth-order valence-corrected chi connectivity index (χ4v) is 10.5. The first-order valence-corrected chi connectivity index (χ1v) is 28.4. The molecule has 8 unspecified atom stereocenters. The van der Waals surface area contributed by atoms with Crippen LogP contribution in [0.5, 0.6) is 0 Å². The van der Waals surface area contributed by atoms with E-state index in [1.54, 1.807) is 0 Å². The van der Waals surface area contributed by atoms with Crippen molar-refractivity contribution in [3.63, 3.8) is 0 Å². The lowest BCUT2D eigenvalue weighted by atomic mass is 9.79. The zero-order valence-electron chi connectivity index (χ0n) is 42.4. The number of rotatable bonds is 43. The molecular formula is C56H98O10. The average molecular weight is 931 g/mol. The molecule has 0 N–H and O–H groups in total. The van der Waals surface area contributed by atoms with Gasteiger partial charge in [-0.25, -0.2) is 0 Å². The van der Waals surface area contributed by atoms with Gasteiger partial charge in [-0.15, -0.1) is 0 Å². The van der Waals surface area contributed by atoms with Crippen molar-refractivity contribution in [3.05, 3.63) is 0 Å². The van der Waals surface area contributed by atoms with Crippen LogP contribution in [0.4, 0.5) is 0 Å². The molecule has 0 spiro atoms. The van der Waals surface area contributed by atoms with Crippen LogP contribution in [0, 0.1) is 23.7 Å². The number of carbonyl (C=O) groups is 4. The minimum absolute atomic E-state index is 0.0887. The summed E-state index contributed by atoms with van der Waals surface area (Å²) in [4.78, 5) is 52.2.